The van der Waals surface area contributed by atoms with Gasteiger partial charge in [0.1, 0.15) is 5.84 Å². The summed E-state index contributed by atoms with van der Waals surface area (Å²) in [4.78, 5) is 41.9. The Labute approximate surface area is 139 Å². The Balaban J connectivity index is 1.66. The van der Waals surface area contributed by atoms with Crippen molar-refractivity contribution < 1.29 is 14.4 Å². The van der Waals surface area contributed by atoms with Crippen LogP contribution in [0.3, 0.4) is 0 Å². The molecule has 6 heteroatoms. The first-order chi connectivity index (χ1) is 11.6. The van der Waals surface area contributed by atoms with Crippen molar-refractivity contribution in [3.05, 3.63) is 59.8 Å². The Morgan fingerprint density at radius 1 is 1.25 bits per heavy atom. The third kappa shape index (κ3) is 3.17. The number of allylic oxidation sites excluding steroid dienone is 2. The summed E-state index contributed by atoms with van der Waals surface area (Å²) in [7, 11) is 0. The second-order valence-electron chi connectivity index (χ2n) is 5.68. The number of amidine groups is 1. The Morgan fingerprint density at radius 2 is 2.00 bits per heavy atom. The van der Waals surface area contributed by atoms with Gasteiger partial charge < -0.3 is 5.32 Å². The normalized spacial score (nSPS) is 19.5. The zero-order valence-corrected chi connectivity index (χ0v) is 13.2. The molecule has 0 radical (unpaired) electrons. The van der Waals surface area contributed by atoms with Gasteiger partial charge in [0.2, 0.25) is 5.91 Å². The van der Waals surface area contributed by atoms with Gasteiger partial charge in [-0.1, -0.05) is 30.3 Å². The molecule has 122 valence electrons. The number of benzene rings is 1. The predicted molar refractivity (Wildman–Crippen MR) is 88.8 cm³/mol. The van der Waals surface area contributed by atoms with E-state index in [9.17, 15) is 14.4 Å². The fraction of sp³-hybridized carbons (Fsp3) is 0.222. The smallest absolute Gasteiger partial charge is 0.269 e. The van der Waals surface area contributed by atoms with E-state index in [4.69, 9.17) is 0 Å². The molecule has 0 bridgehead atoms. The van der Waals surface area contributed by atoms with Crippen molar-refractivity contribution in [2.24, 2.45) is 10.9 Å². The molecule has 1 unspecified atom stereocenters. The van der Waals surface area contributed by atoms with Crippen LogP contribution in [0, 0.1) is 5.92 Å². The Hall–Kier alpha value is -3.02. The van der Waals surface area contributed by atoms with Crippen LogP contribution in [0.4, 0.5) is 0 Å². The molecular weight excluding hydrogens is 306 g/mol. The number of hydrogen-bond donors (Lipinski definition) is 1. The van der Waals surface area contributed by atoms with Crippen molar-refractivity contribution in [1.29, 1.82) is 0 Å². The first-order valence-corrected chi connectivity index (χ1v) is 7.70. The Bertz CT molecular complexity index is 778. The molecule has 0 spiro atoms. The van der Waals surface area contributed by atoms with Gasteiger partial charge in [0.15, 0.2) is 5.92 Å². The van der Waals surface area contributed by atoms with E-state index < -0.39 is 23.6 Å². The second kappa shape index (κ2) is 6.62. The molecular formula is C18H17N3O3. The molecule has 6 nitrogen and oxygen atoms in total. The van der Waals surface area contributed by atoms with Crippen molar-refractivity contribution in [3.63, 3.8) is 0 Å². The van der Waals surface area contributed by atoms with E-state index in [1.807, 2.05) is 37.3 Å². The van der Waals surface area contributed by atoms with Crippen LogP contribution in [0.15, 0.2) is 59.2 Å². The number of amides is 3. The van der Waals surface area contributed by atoms with Gasteiger partial charge >= 0.3 is 0 Å². The summed E-state index contributed by atoms with van der Waals surface area (Å²) in [5.74, 6) is -3.05. The summed E-state index contributed by atoms with van der Waals surface area (Å²) in [5.41, 5.74) is 1.95. The van der Waals surface area contributed by atoms with E-state index in [1.54, 1.807) is 12.2 Å². The standard InChI is InChI=1S/C18H17N3O3/c1-12-8-10-21-14(11-12)20-17(23)15(18(21)24)16(22)19-9-7-13-5-3-2-4-6-13/h2-6,8,10-11,15H,7,9H2,1H3,(H,19,22). The number of rotatable bonds is 4. The number of carbonyl (C=O) groups excluding carboxylic acids is 3. The van der Waals surface area contributed by atoms with Crippen molar-refractivity contribution in [1.82, 2.24) is 10.2 Å². The van der Waals surface area contributed by atoms with Crippen molar-refractivity contribution >= 4 is 23.6 Å². The maximum absolute atomic E-state index is 12.4. The van der Waals surface area contributed by atoms with Gasteiger partial charge in [-0.05, 0) is 36.6 Å². The highest BCUT2D eigenvalue weighted by Crippen LogP contribution is 2.19. The SMILES string of the molecule is CC1=CC2=NC(=O)C(C(=O)NCCc3ccccc3)C(=O)N2C=C1. The van der Waals surface area contributed by atoms with E-state index in [2.05, 4.69) is 10.3 Å². The number of carbonyl (C=O) groups is 3. The first kappa shape index (κ1) is 15.9. The molecule has 1 aromatic carbocycles. The quantitative estimate of drug-likeness (QED) is 0.846. The summed E-state index contributed by atoms with van der Waals surface area (Å²) >= 11 is 0. The van der Waals surface area contributed by atoms with Crippen LogP contribution in [0.5, 0.6) is 0 Å². The average molecular weight is 323 g/mol. The summed E-state index contributed by atoms with van der Waals surface area (Å²) in [6.07, 6.45) is 5.53. The average Bonchev–Trinajstić information content (AvgIpc) is 2.55. The summed E-state index contributed by atoms with van der Waals surface area (Å²) < 4.78 is 0. The molecule has 0 saturated carbocycles. The number of fused-ring (bicyclic) bond motifs is 1. The van der Waals surface area contributed by atoms with Gasteiger partial charge in [-0.3, -0.25) is 19.3 Å². The van der Waals surface area contributed by atoms with Crippen molar-refractivity contribution in [2.45, 2.75) is 13.3 Å². The summed E-state index contributed by atoms with van der Waals surface area (Å²) in [5, 5.41) is 2.65. The first-order valence-electron chi connectivity index (χ1n) is 7.70. The van der Waals surface area contributed by atoms with Gasteiger partial charge in [-0.25, -0.2) is 0 Å². The topological polar surface area (TPSA) is 78.8 Å². The Morgan fingerprint density at radius 3 is 2.75 bits per heavy atom. The molecule has 2 aliphatic rings. The van der Waals surface area contributed by atoms with Crippen LogP contribution in [0.2, 0.25) is 0 Å². The summed E-state index contributed by atoms with van der Waals surface area (Å²) in [6.45, 7) is 2.19. The minimum absolute atomic E-state index is 0.262. The minimum atomic E-state index is -1.42. The second-order valence-corrected chi connectivity index (χ2v) is 5.68. The molecule has 1 atom stereocenters. The highest BCUT2D eigenvalue weighted by Gasteiger charge is 2.41. The number of hydrogen-bond acceptors (Lipinski definition) is 3. The fourth-order valence-corrected chi connectivity index (χ4v) is 2.59. The van der Waals surface area contributed by atoms with Crippen LogP contribution >= 0.6 is 0 Å². The molecule has 0 saturated heterocycles. The van der Waals surface area contributed by atoms with E-state index in [0.717, 1.165) is 11.1 Å². The molecule has 2 heterocycles. The van der Waals surface area contributed by atoms with Gasteiger partial charge in [-0.15, -0.1) is 0 Å². The van der Waals surface area contributed by atoms with Crippen molar-refractivity contribution in [2.75, 3.05) is 6.54 Å². The third-order valence-corrected chi connectivity index (χ3v) is 3.86. The van der Waals surface area contributed by atoms with Crippen LogP contribution in [-0.4, -0.2) is 35.0 Å². The molecule has 1 N–H and O–H groups in total. The molecule has 0 aromatic heterocycles. The fourth-order valence-electron chi connectivity index (χ4n) is 2.59. The lowest BCUT2D eigenvalue weighted by Crippen LogP contribution is -2.51. The van der Waals surface area contributed by atoms with Gasteiger partial charge in [-0.2, -0.15) is 4.99 Å². The zero-order valence-electron chi connectivity index (χ0n) is 13.2. The molecule has 1 aromatic rings. The maximum atomic E-state index is 12.4. The van der Waals surface area contributed by atoms with Gasteiger partial charge in [0.05, 0.1) is 0 Å². The monoisotopic (exact) mass is 323 g/mol. The van der Waals surface area contributed by atoms with E-state index in [-0.39, 0.29) is 5.84 Å². The van der Waals surface area contributed by atoms with Crippen LogP contribution in [0.1, 0.15) is 12.5 Å². The van der Waals surface area contributed by atoms with Gasteiger partial charge in [0, 0.05) is 12.7 Å². The number of nitrogens with one attached hydrogen (secondary N) is 1. The molecule has 0 aliphatic carbocycles. The molecule has 2 aliphatic heterocycles. The van der Waals surface area contributed by atoms with E-state index in [0.29, 0.717) is 13.0 Å². The number of aliphatic imine (C=N–C) groups is 1. The maximum Gasteiger partial charge on any atom is 0.269 e. The molecule has 0 fully saturated rings. The van der Waals surface area contributed by atoms with E-state index in [1.165, 1.54) is 11.1 Å². The number of nitrogens with zero attached hydrogens (tertiary/aromatic N) is 2. The summed E-state index contributed by atoms with van der Waals surface area (Å²) in [6, 6.07) is 9.65. The predicted octanol–water partition coefficient (Wildman–Crippen LogP) is 1.20. The lowest BCUT2D eigenvalue weighted by molar-refractivity contribution is -0.144. The van der Waals surface area contributed by atoms with Gasteiger partial charge in [0.25, 0.3) is 11.8 Å². The molecule has 3 rings (SSSR count). The largest absolute Gasteiger partial charge is 0.355 e. The van der Waals surface area contributed by atoms with E-state index >= 15 is 0 Å². The van der Waals surface area contributed by atoms with Crippen LogP contribution in [0.25, 0.3) is 0 Å². The molecule has 24 heavy (non-hydrogen) atoms. The Kier molecular flexibility index (Phi) is 4.37. The zero-order chi connectivity index (χ0) is 17.1. The highest BCUT2D eigenvalue weighted by atomic mass is 16.2. The van der Waals surface area contributed by atoms with Crippen LogP contribution < -0.4 is 5.32 Å². The van der Waals surface area contributed by atoms with Crippen molar-refractivity contribution in [3.8, 4) is 0 Å². The third-order valence-electron chi connectivity index (χ3n) is 3.86. The lowest BCUT2D eigenvalue weighted by atomic mass is 10.0. The molecule has 3 amide bonds. The van der Waals surface area contributed by atoms with Crippen LogP contribution in [-0.2, 0) is 20.8 Å². The highest BCUT2D eigenvalue weighted by molar-refractivity contribution is 6.27. The lowest BCUT2D eigenvalue weighted by Gasteiger charge is -2.28. The minimum Gasteiger partial charge on any atom is -0.355 e.